The number of halogens is 4. The predicted octanol–water partition coefficient (Wildman–Crippen LogP) is 5.42. The Balaban J connectivity index is 1.25. The van der Waals surface area contributed by atoms with Crippen molar-refractivity contribution in [1.82, 2.24) is 24.6 Å². The van der Waals surface area contributed by atoms with E-state index in [0.717, 1.165) is 23.3 Å². The Labute approximate surface area is 214 Å². The molecule has 0 aliphatic rings. The summed E-state index contributed by atoms with van der Waals surface area (Å²) in [7, 11) is 0. The summed E-state index contributed by atoms with van der Waals surface area (Å²) in [5, 5.41) is 6.65. The Morgan fingerprint density at radius 2 is 1.74 bits per heavy atom. The zero-order valence-electron chi connectivity index (χ0n) is 20.0. The lowest BCUT2D eigenvalue weighted by atomic mass is 10.0. The van der Waals surface area contributed by atoms with Gasteiger partial charge in [0.2, 0.25) is 5.91 Å². The maximum absolute atomic E-state index is 14.8. The van der Waals surface area contributed by atoms with Gasteiger partial charge in [-0.2, -0.15) is 18.3 Å². The Morgan fingerprint density at radius 3 is 2.47 bits per heavy atom. The fourth-order valence-electron chi connectivity index (χ4n) is 4.03. The van der Waals surface area contributed by atoms with Gasteiger partial charge in [-0.05, 0) is 42.3 Å². The van der Waals surface area contributed by atoms with Crippen LogP contribution in [0, 0.1) is 12.7 Å². The van der Waals surface area contributed by atoms with Crippen molar-refractivity contribution >= 4 is 17.1 Å². The number of nitrogens with zero attached hydrogens (tertiary/aromatic N) is 5. The maximum atomic E-state index is 14.8. The number of fused-ring (bicyclic) bond motifs is 1. The highest BCUT2D eigenvalue weighted by Crippen LogP contribution is 2.32. The normalized spacial score (nSPS) is 11.6. The van der Waals surface area contributed by atoms with Gasteiger partial charge >= 0.3 is 6.18 Å². The quantitative estimate of drug-likeness (QED) is 0.302. The van der Waals surface area contributed by atoms with Gasteiger partial charge in [-0.3, -0.25) is 9.78 Å². The molecule has 0 aliphatic carbocycles. The summed E-state index contributed by atoms with van der Waals surface area (Å²) in [6.45, 7) is 1.23. The van der Waals surface area contributed by atoms with E-state index in [1.54, 1.807) is 29.2 Å². The van der Waals surface area contributed by atoms with Crippen LogP contribution in [0.4, 0.5) is 23.2 Å². The van der Waals surface area contributed by atoms with Gasteiger partial charge in [-0.1, -0.05) is 18.2 Å². The minimum Gasteiger partial charge on any atom is -0.324 e. The van der Waals surface area contributed by atoms with Gasteiger partial charge in [0.25, 0.3) is 0 Å². The van der Waals surface area contributed by atoms with E-state index in [4.69, 9.17) is 0 Å². The Kier molecular flexibility index (Phi) is 6.58. The minimum absolute atomic E-state index is 0.0907. The third kappa shape index (κ3) is 5.36. The zero-order chi connectivity index (χ0) is 26.9. The third-order valence-corrected chi connectivity index (χ3v) is 5.97. The lowest BCUT2D eigenvalue weighted by Gasteiger charge is -2.12. The number of alkyl halides is 3. The molecule has 11 heteroatoms. The van der Waals surface area contributed by atoms with Gasteiger partial charge in [-0.15, -0.1) is 0 Å². The molecule has 0 unspecified atom stereocenters. The molecule has 1 N–H and O–H groups in total. The summed E-state index contributed by atoms with van der Waals surface area (Å²) in [5.74, 6) is -0.720. The van der Waals surface area contributed by atoms with Crippen molar-refractivity contribution in [2.24, 2.45) is 0 Å². The van der Waals surface area contributed by atoms with E-state index < -0.39 is 23.5 Å². The summed E-state index contributed by atoms with van der Waals surface area (Å²) in [6.07, 6.45) is 3.45. The zero-order valence-corrected chi connectivity index (χ0v) is 20.0. The number of carbonyl (C=O) groups is 1. The summed E-state index contributed by atoms with van der Waals surface area (Å²) in [4.78, 5) is 24.8. The average molecular weight is 520 g/mol. The highest BCUT2D eigenvalue weighted by Gasteiger charge is 2.33. The standard InChI is InChI=1S/C27H20F4N6O/c1-16-22(27(29,30)31)11-21(15-32-16)36-26(38)10-18-6-5-17(8-23(18)28)20-12-33-25(34-13-20)9-19-14-35-37-7-3-2-4-24(19)37/h2-8,11-15H,9-10H2,1H3,(H,36,38). The molecule has 7 nitrogen and oxygen atoms in total. The van der Waals surface area contributed by atoms with E-state index >= 15 is 0 Å². The van der Waals surface area contributed by atoms with Crippen LogP contribution < -0.4 is 5.32 Å². The highest BCUT2D eigenvalue weighted by molar-refractivity contribution is 5.92. The largest absolute Gasteiger partial charge is 0.418 e. The molecule has 0 saturated heterocycles. The SMILES string of the molecule is Cc1ncc(NC(=O)Cc2ccc(-c3cnc(Cc4cnn5ccccc45)nc3)cc2F)cc1C(F)(F)F. The lowest BCUT2D eigenvalue weighted by Crippen LogP contribution is -2.17. The van der Waals surface area contributed by atoms with E-state index in [2.05, 4.69) is 25.4 Å². The van der Waals surface area contributed by atoms with E-state index in [-0.39, 0.29) is 23.4 Å². The number of rotatable bonds is 6. The summed E-state index contributed by atoms with van der Waals surface area (Å²) < 4.78 is 55.8. The van der Waals surface area contributed by atoms with Crippen LogP contribution in [0.15, 0.2) is 73.4 Å². The molecule has 0 spiro atoms. The number of anilines is 1. The van der Waals surface area contributed by atoms with Gasteiger partial charge < -0.3 is 5.32 Å². The fraction of sp³-hybridized carbons (Fsp3) is 0.148. The highest BCUT2D eigenvalue weighted by atomic mass is 19.4. The monoisotopic (exact) mass is 520 g/mol. The van der Waals surface area contributed by atoms with E-state index in [9.17, 15) is 22.4 Å². The molecule has 1 amide bonds. The maximum Gasteiger partial charge on any atom is 0.418 e. The second-order valence-corrected chi connectivity index (χ2v) is 8.65. The number of nitrogens with one attached hydrogen (secondary N) is 1. The Hall–Kier alpha value is -4.67. The second-order valence-electron chi connectivity index (χ2n) is 8.65. The molecule has 1 aromatic carbocycles. The van der Waals surface area contributed by atoms with Crippen molar-refractivity contribution in [3.8, 4) is 11.1 Å². The van der Waals surface area contributed by atoms with E-state index in [1.807, 2.05) is 24.4 Å². The number of hydrogen-bond donors (Lipinski definition) is 1. The number of aromatic nitrogens is 5. The smallest absolute Gasteiger partial charge is 0.324 e. The van der Waals surface area contributed by atoms with Crippen LogP contribution in [-0.2, 0) is 23.8 Å². The molecule has 0 atom stereocenters. The molecule has 0 radical (unpaired) electrons. The number of aryl methyl sites for hydroxylation is 1. The predicted molar refractivity (Wildman–Crippen MR) is 132 cm³/mol. The summed E-state index contributed by atoms with van der Waals surface area (Å²) in [6, 6.07) is 10.9. The molecule has 5 rings (SSSR count). The number of benzene rings is 1. The third-order valence-electron chi connectivity index (χ3n) is 5.97. The van der Waals surface area contributed by atoms with Crippen LogP contribution in [0.5, 0.6) is 0 Å². The van der Waals surface area contributed by atoms with Gasteiger partial charge in [0.05, 0.1) is 35.6 Å². The molecule has 0 fully saturated rings. The van der Waals surface area contributed by atoms with Crippen molar-refractivity contribution in [3.63, 3.8) is 0 Å². The van der Waals surface area contributed by atoms with Gasteiger partial charge in [-0.25, -0.2) is 18.9 Å². The molecule has 0 aliphatic heterocycles. The molecule has 0 saturated carbocycles. The molecule has 0 bridgehead atoms. The molecule has 192 valence electrons. The number of amides is 1. The first kappa shape index (κ1) is 25.0. The average Bonchev–Trinajstić information content (AvgIpc) is 3.29. The first-order valence-corrected chi connectivity index (χ1v) is 11.5. The van der Waals surface area contributed by atoms with Crippen LogP contribution in [0.3, 0.4) is 0 Å². The van der Waals surface area contributed by atoms with E-state index in [1.165, 1.54) is 19.1 Å². The topological polar surface area (TPSA) is 85.1 Å². The van der Waals surface area contributed by atoms with Crippen LogP contribution in [0.1, 0.15) is 28.2 Å². The van der Waals surface area contributed by atoms with Crippen LogP contribution in [-0.4, -0.2) is 30.5 Å². The molecular formula is C27H20F4N6O. The van der Waals surface area contributed by atoms with Crippen molar-refractivity contribution < 1.29 is 22.4 Å². The van der Waals surface area contributed by atoms with Crippen LogP contribution in [0.2, 0.25) is 0 Å². The first-order chi connectivity index (χ1) is 18.2. The number of hydrogen-bond acceptors (Lipinski definition) is 5. The van der Waals surface area contributed by atoms with Gasteiger partial charge in [0, 0.05) is 41.8 Å². The molecule has 5 aromatic rings. The van der Waals surface area contributed by atoms with Crippen LogP contribution in [0.25, 0.3) is 16.6 Å². The summed E-state index contributed by atoms with van der Waals surface area (Å²) in [5.41, 5.74) is 1.87. The minimum atomic E-state index is -4.60. The van der Waals surface area contributed by atoms with E-state index in [0.29, 0.717) is 23.4 Å². The van der Waals surface area contributed by atoms with Crippen LogP contribution >= 0.6 is 0 Å². The van der Waals surface area contributed by atoms with Crippen molar-refractivity contribution in [3.05, 3.63) is 107 Å². The van der Waals surface area contributed by atoms with Gasteiger partial charge in [0.1, 0.15) is 11.6 Å². The summed E-state index contributed by atoms with van der Waals surface area (Å²) >= 11 is 0. The fourth-order valence-corrected chi connectivity index (χ4v) is 4.03. The Bertz CT molecular complexity index is 1630. The molecular weight excluding hydrogens is 500 g/mol. The van der Waals surface area contributed by atoms with Gasteiger partial charge in [0.15, 0.2) is 0 Å². The second kappa shape index (κ2) is 10.0. The first-order valence-electron chi connectivity index (χ1n) is 11.5. The van der Waals surface area contributed by atoms with Crippen molar-refractivity contribution in [2.45, 2.75) is 25.9 Å². The van der Waals surface area contributed by atoms with Crippen molar-refractivity contribution in [2.75, 3.05) is 5.32 Å². The molecule has 38 heavy (non-hydrogen) atoms. The van der Waals surface area contributed by atoms with Crippen molar-refractivity contribution in [1.29, 1.82) is 0 Å². The lowest BCUT2D eigenvalue weighted by molar-refractivity contribution is -0.138. The number of pyridine rings is 2. The Morgan fingerprint density at radius 1 is 0.947 bits per heavy atom. The number of carbonyl (C=O) groups excluding carboxylic acids is 1. The molecule has 4 heterocycles. The molecule has 4 aromatic heterocycles.